The van der Waals surface area contributed by atoms with Gasteiger partial charge in [0.2, 0.25) is 0 Å². The van der Waals surface area contributed by atoms with Crippen molar-refractivity contribution in [3.05, 3.63) is 29.6 Å². The van der Waals surface area contributed by atoms with Gasteiger partial charge in [0.15, 0.2) is 17.5 Å². The summed E-state index contributed by atoms with van der Waals surface area (Å²) in [5, 5.41) is 2.81. The van der Waals surface area contributed by atoms with Crippen molar-refractivity contribution in [1.82, 2.24) is 0 Å². The minimum Gasteiger partial charge on any atom is -0.379 e. The fraction of sp³-hybridized carbons (Fsp3) is 0.455. The lowest BCUT2D eigenvalue weighted by molar-refractivity contribution is 0.0875. The molecule has 1 fully saturated rings. The van der Waals surface area contributed by atoms with E-state index >= 15 is 0 Å². The third-order valence-corrected chi connectivity index (χ3v) is 2.56. The zero-order chi connectivity index (χ0) is 11.5. The Labute approximate surface area is 91.4 Å². The molecule has 0 aliphatic carbocycles. The number of hydrogen-bond acceptors (Lipinski definition) is 2. The molecule has 1 aliphatic rings. The van der Waals surface area contributed by atoms with E-state index in [1.54, 1.807) is 0 Å². The standard InChI is InChI=1S/C11H12F3NO/c12-8-3-4-9(11(14)10(8)13)15-7-2-1-5-16-6-7/h3-4,7,15H,1-2,5-6H2. The van der Waals surface area contributed by atoms with E-state index in [0.717, 1.165) is 18.9 Å². The van der Waals surface area contributed by atoms with E-state index in [0.29, 0.717) is 13.2 Å². The fourth-order valence-electron chi connectivity index (χ4n) is 1.71. The van der Waals surface area contributed by atoms with Crippen LogP contribution in [0.4, 0.5) is 18.9 Å². The van der Waals surface area contributed by atoms with Gasteiger partial charge in [0, 0.05) is 12.6 Å². The first-order chi connectivity index (χ1) is 7.68. The van der Waals surface area contributed by atoms with Crippen molar-refractivity contribution in [2.24, 2.45) is 0 Å². The van der Waals surface area contributed by atoms with Crippen LogP contribution in [-0.2, 0) is 4.74 Å². The Morgan fingerprint density at radius 2 is 2.00 bits per heavy atom. The fourth-order valence-corrected chi connectivity index (χ4v) is 1.71. The molecule has 1 aromatic rings. The first-order valence-corrected chi connectivity index (χ1v) is 5.16. The van der Waals surface area contributed by atoms with Gasteiger partial charge in [0.05, 0.1) is 12.3 Å². The molecule has 1 saturated heterocycles. The summed E-state index contributed by atoms with van der Waals surface area (Å²) in [4.78, 5) is 0. The minimum atomic E-state index is -1.44. The van der Waals surface area contributed by atoms with Gasteiger partial charge in [-0.25, -0.2) is 13.2 Å². The highest BCUT2D eigenvalue weighted by molar-refractivity contribution is 5.46. The van der Waals surface area contributed by atoms with Gasteiger partial charge in [-0.05, 0) is 25.0 Å². The second-order valence-corrected chi connectivity index (χ2v) is 3.78. The van der Waals surface area contributed by atoms with Gasteiger partial charge in [-0.2, -0.15) is 0 Å². The van der Waals surface area contributed by atoms with Crippen LogP contribution >= 0.6 is 0 Å². The summed E-state index contributed by atoms with van der Waals surface area (Å²) in [6.07, 6.45) is 1.71. The quantitative estimate of drug-likeness (QED) is 0.790. The average molecular weight is 231 g/mol. The number of nitrogens with one attached hydrogen (secondary N) is 1. The van der Waals surface area contributed by atoms with Crippen LogP contribution in [0, 0.1) is 17.5 Å². The lowest BCUT2D eigenvalue weighted by Crippen LogP contribution is -2.30. The van der Waals surface area contributed by atoms with Crippen molar-refractivity contribution < 1.29 is 17.9 Å². The van der Waals surface area contributed by atoms with Crippen LogP contribution in [0.3, 0.4) is 0 Å². The molecule has 2 nitrogen and oxygen atoms in total. The summed E-state index contributed by atoms with van der Waals surface area (Å²) in [5.41, 5.74) is -0.0191. The molecule has 1 aliphatic heterocycles. The molecule has 0 saturated carbocycles. The van der Waals surface area contributed by atoms with Crippen LogP contribution in [0.2, 0.25) is 0 Å². The van der Waals surface area contributed by atoms with Crippen LogP contribution in [0.25, 0.3) is 0 Å². The van der Waals surface area contributed by atoms with Crippen molar-refractivity contribution in [1.29, 1.82) is 0 Å². The van der Waals surface area contributed by atoms with Crippen molar-refractivity contribution in [3.63, 3.8) is 0 Å². The molecule has 0 bridgehead atoms. The Bertz CT molecular complexity index is 378. The van der Waals surface area contributed by atoms with Gasteiger partial charge in [0.25, 0.3) is 0 Å². The van der Waals surface area contributed by atoms with Gasteiger partial charge in [-0.15, -0.1) is 0 Å². The van der Waals surface area contributed by atoms with Crippen LogP contribution in [0.5, 0.6) is 0 Å². The molecular formula is C11H12F3NO. The largest absolute Gasteiger partial charge is 0.379 e. The Hall–Kier alpha value is -1.23. The van der Waals surface area contributed by atoms with Crippen molar-refractivity contribution in [2.45, 2.75) is 18.9 Å². The molecule has 1 unspecified atom stereocenters. The summed E-state index contributed by atoms with van der Waals surface area (Å²) in [5.74, 6) is -3.80. The predicted octanol–water partition coefficient (Wildman–Crippen LogP) is 2.69. The topological polar surface area (TPSA) is 21.3 Å². The SMILES string of the molecule is Fc1ccc(NC2CCCOC2)c(F)c1F. The summed E-state index contributed by atoms with van der Waals surface area (Å²) in [6, 6.07) is 2.06. The molecule has 1 aromatic carbocycles. The van der Waals surface area contributed by atoms with E-state index in [9.17, 15) is 13.2 Å². The third kappa shape index (κ3) is 2.29. The van der Waals surface area contributed by atoms with Gasteiger partial charge in [0.1, 0.15) is 0 Å². The Morgan fingerprint density at radius 3 is 2.69 bits per heavy atom. The maximum Gasteiger partial charge on any atom is 0.196 e. The van der Waals surface area contributed by atoms with Crippen LogP contribution < -0.4 is 5.32 Å². The Kier molecular flexibility index (Phi) is 3.33. The van der Waals surface area contributed by atoms with E-state index in [4.69, 9.17) is 4.74 Å². The highest BCUT2D eigenvalue weighted by Crippen LogP contribution is 2.21. The first kappa shape index (κ1) is 11.3. The van der Waals surface area contributed by atoms with E-state index in [-0.39, 0.29) is 11.7 Å². The maximum absolute atomic E-state index is 13.3. The molecule has 1 atom stereocenters. The molecule has 1 heterocycles. The van der Waals surface area contributed by atoms with Crippen LogP contribution in [0.1, 0.15) is 12.8 Å². The number of benzene rings is 1. The molecule has 0 amide bonds. The van der Waals surface area contributed by atoms with Crippen LogP contribution in [0.15, 0.2) is 12.1 Å². The molecule has 0 spiro atoms. The summed E-state index contributed by atoms with van der Waals surface area (Å²) in [6.45, 7) is 1.15. The van der Waals surface area contributed by atoms with Crippen LogP contribution in [-0.4, -0.2) is 19.3 Å². The Balaban J connectivity index is 2.11. The number of halogens is 3. The van der Waals surface area contributed by atoms with E-state index in [1.165, 1.54) is 6.07 Å². The second-order valence-electron chi connectivity index (χ2n) is 3.78. The number of hydrogen-bond donors (Lipinski definition) is 1. The molecule has 16 heavy (non-hydrogen) atoms. The zero-order valence-corrected chi connectivity index (χ0v) is 8.60. The number of ether oxygens (including phenoxy) is 1. The summed E-state index contributed by atoms with van der Waals surface area (Å²) in [7, 11) is 0. The van der Waals surface area contributed by atoms with Gasteiger partial charge in [-0.3, -0.25) is 0 Å². The molecule has 2 rings (SSSR count). The highest BCUT2D eigenvalue weighted by Gasteiger charge is 2.18. The smallest absolute Gasteiger partial charge is 0.196 e. The number of anilines is 1. The molecule has 0 aromatic heterocycles. The summed E-state index contributed by atoms with van der Waals surface area (Å²) >= 11 is 0. The molecule has 5 heteroatoms. The number of rotatable bonds is 2. The first-order valence-electron chi connectivity index (χ1n) is 5.16. The highest BCUT2D eigenvalue weighted by atomic mass is 19.2. The van der Waals surface area contributed by atoms with E-state index in [2.05, 4.69) is 5.32 Å². The Morgan fingerprint density at radius 1 is 1.19 bits per heavy atom. The van der Waals surface area contributed by atoms with Gasteiger partial charge >= 0.3 is 0 Å². The predicted molar refractivity (Wildman–Crippen MR) is 53.8 cm³/mol. The minimum absolute atomic E-state index is 0.0191. The van der Waals surface area contributed by atoms with Crippen molar-refractivity contribution in [3.8, 4) is 0 Å². The zero-order valence-electron chi connectivity index (χ0n) is 8.60. The van der Waals surface area contributed by atoms with E-state index < -0.39 is 17.5 Å². The lowest BCUT2D eigenvalue weighted by Gasteiger charge is -2.24. The third-order valence-electron chi connectivity index (χ3n) is 2.56. The molecular weight excluding hydrogens is 219 g/mol. The van der Waals surface area contributed by atoms with Gasteiger partial charge < -0.3 is 10.1 Å². The van der Waals surface area contributed by atoms with Crippen molar-refractivity contribution >= 4 is 5.69 Å². The normalized spacial score (nSPS) is 20.8. The van der Waals surface area contributed by atoms with E-state index in [1.807, 2.05) is 0 Å². The average Bonchev–Trinajstić information content (AvgIpc) is 2.31. The molecule has 1 N–H and O–H groups in total. The lowest BCUT2D eigenvalue weighted by atomic mass is 10.1. The summed E-state index contributed by atoms with van der Waals surface area (Å²) < 4.78 is 44.1. The maximum atomic E-state index is 13.3. The van der Waals surface area contributed by atoms with Crippen molar-refractivity contribution in [2.75, 3.05) is 18.5 Å². The molecule has 88 valence electrons. The van der Waals surface area contributed by atoms with Gasteiger partial charge in [-0.1, -0.05) is 0 Å². The second kappa shape index (κ2) is 4.74. The monoisotopic (exact) mass is 231 g/mol. The molecule has 0 radical (unpaired) electrons.